The molecule has 1 aromatic heterocycles. The summed E-state index contributed by atoms with van der Waals surface area (Å²) in [7, 11) is 0. The van der Waals surface area contributed by atoms with Crippen LogP contribution in [0.5, 0.6) is 0 Å². The van der Waals surface area contributed by atoms with Gasteiger partial charge in [-0.2, -0.15) is 0 Å². The number of hydrogen-bond acceptors (Lipinski definition) is 4. The summed E-state index contributed by atoms with van der Waals surface area (Å²) in [6.45, 7) is 3.54. The maximum atomic E-state index is 13.5. The van der Waals surface area contributed by atoms with Crippen molar-refractivity contribution in [2.24, 2.45) is 29.6 Å². The highest BCUT2D eigenvalue weighted by Gasteiger charge is 2.54. The van der Waals surface area contributed by atoms with Gasteiger partial charge >= 0.3 is 5.97 Å². The number of halogens is 1. The molecule has 1 aromatic carbocycles. The van der Waals surface area contributed by atoms with Crippen molar-refractivity contribution in [2.75, 3.05) is 13.2 Å². The van der Waals surface area contributed by atoms with Crippen LogP contribution in [-0.2, 0) is 14.3 Å². The number of allylic oxidation sites excluding steroid dienone is 1. The zero-order chi connectivity index (χ0) is 20.7. The molecule has 4 nitrogen and oxygen atoms in total. The Kier molecular flexibility index (Phi) is 5.15. The molecule has 3 aliphatic rings. The number of cyclic esters (lactones) is 1. The fourth-order valence-corrected chi connectivity index (χ4v) is 5.67. The molecular formula is C25H26FNO3. The fraction of sp³-hybridized carbons (Fsp3) is 0.440. The van der Waals surface area contributed by atoms with Crippen molar-refractivity contribution < 1.29 is 18.7 Å². The first-order valence-electron chi connectivity index (χ1n) is 10.8. The van der Waals surface area contributed by atoms with E-state index in [1.807, 2.05) is 25.1 Å². The quantitative estimate of drug-likeness (QED) is 0.689. The SMILES string of the molecule is C[C@H]1OC(=O)C2CC3COCCC3C(/C=C/c3ccc(-c4cccc(F)c4)cn3)C21. The Morgan fingerprint density at radius 2 is 2.10 bits per heavy atom. The second-order valence-corrected chi connectivity index (χ2v) is 8.77. The van der Waals surface area contributed by atoms with Gasteiger partial charge in [0.05, 0.1) is 11.6 Å². The largest absolute Gasteiger partial charge is 0.462 e. The Morgan fingerprint density at radius 1 is 1.20 bits per heavy atom. The van der Waals surface area contributed by atoms with Gasteiger partial charge in [0.2, 0.25) is 0 Å². The highest BCUT2D eigenvalue weighted by molar-refractivity contribution is 5.75. The van der Waals surface area contributed by atoms with Crippen LogP contribution < -0.4 is 0 Å². The molecule has 156 valence electrons. The molecule has 0 amide bonds. The molecule has 2 aromatic rings. The molecule has 3 fully saturated rings. The van der Waals surface area contributed by atoms with Crippen LogP contribution >= 0.6 is 0 Å². The first-order valence-corrected chi connectivity index (χ1v) is 10.8. The lowest BCUT2D eigenvalue weighted by atomic mass is 9.60. The van der Waals surface area contributed by atoms with Crippen molar-refractivity contribution in [3.8, 4) is 11.1 Å². The van der Waals surface area contributed by atoms with E-state index in [4.69, 9.17) is 9.47 Å². The minimum Gasteiger partial charge on any atom is -0.462 e. The van der Waals surface area contributed by atoms with Crippen LogP contribution in [-0.4, -0.2) is 30.3 Å². The highest BCUT2D eigenvalue weighted by atomic mass is 19.1. The lowest BCUT2D eigenvalue weighted by Gasteiger charge is -2.45. The standard InChI is InChI=1S/C25H26FNO3/c1-15-24-22(21-9-10-29-14-18(21)12-23(24)25(28)30-15)8-7-20-6-5-17(13-27-20)16-3-2-4-19(26)11-16/h2-8,11,13,15,18,21-24H,9-10,12,14H2,1H3/b8-7+/t15-,18?,21?,22?,23?,24?/m1/s1. The molecule has 1 aliphatic carbocycles. The van der Waals surface area contributed by atoms with E-state index in [1.165, 1.54) is 12.1 Å². The molecule has 2 aliphatic heterocycles. The van der Waals surface area contributed by atoms with Gasteiger partial charge in [-0.1, -0.05) is 24.3 Å². The Labute approximate surface area is 176 Å². The van der Waals surface area contributed by atoms with E-state index in [1.54, 1.807) is 12.3 Å². The lowest BCUT2D eigenvalue weighted by Crippen LogP contribution is -2.45. The van der Waals surface area contributed by atoms with Crippen LogP contribution in [0.2, 0.25) is 0 Å². The third-order valence-electron chi connectivity index (χ3n) is 7.07. The van der Waals surface area contributed by atoms with Gasteiger partial charge in [-0.05, 0) is 67.4 Å². The highest BCUT2D eigenvalue weighted by Crippen LogP contribution is 2.51. The maximum absolute atomic E-state index is 13.5. The predicted molar refractivity (Wildman–Crippen MR) is 112 cm³/mol. The molecule has 0 spiro atoms. The number of carbonyl (C=O) groups excluding carboxylic acids is 1. The number of aromatic nitrogens is 1. The molecule has 1 saturated carbocycles. The maximum Gasteiger partial charge on any atom is 0.309 e. The first kappa shape index (κ1) is 19.4. The van der Waals surface area contributed by atoms with Gasteiger partial charge in [-0.25, -0.2) is 4.39 Å². The number of carbonyl (C=O) groups is 1. The van der Waals surface area contributed by atoms with Crippen molar-refractivity contribution in [1.29, 1.82) is 0 Å². The first-order chi connectivity index (χ1) is 14.6. The zero-order valence-electron chi connectivity index (χ0n) is 17.0. The van der Waals surface area contributed by atoms with Gasteiger partial charge in [0.25, 0.3) is 0 Å². The molecule has 5 rings (SSSR count). The Hall–Kier alpha value is -2.53. The molecule has 0 bridgehead atoms. The predicted octanol–water partition coefficient (Wildman–Crippen LogP) is 4.75. The van der Waals surface area contributed by atoms with Crippen molar-refractivity contribution in [3.05, 3.63) is 60.2 Å². The van der Waals surface area contributed by atoms with Gasteiger partial charge < -0.3 is 9.47 Å². The molecule has 0 N–H and O–H groups in total. The molecule has 30 heavy (non-hydrogen) atoms. The van der Waals surface area contributed by atoms with Gasteiger partial charge in [-0.15, -0.1) is 0 Å². The second-order valence-electron chi connectivity index (χ2n) is 8.77. The van der Waals surface area contributed by atoms with Crippen LogP contribution in [0.3, 0.4) is 0 Å². The lowest BCUT2D eigenvalue weighted by molar-refractivity contribution is -0.144. The molecule has 0 radical (unpaired) electrons. The van der Waals surface area contributed by atoms with E-state index in [0.29, 0.717) is 11.8 Å². The van der Waals surface area contributed by atoms with Crippen molar-refractivity contribution in [2.45, 2.75) is 25.9 Å². The summed E-state index contributed by atoms with van der Waals surface area (Å²) in [6.07, 6.45) is 7.93. The summed E-state index contributed by atoms with van der Waals surface area (Å²) in [6, 6.07) is 10.5. The summed E-state index contributed by atoms with van der Waals surface area (Å²) < 4.78 is 24.8. The monoisotopic (exact) mass is 407 g/mol. The van der Waals surface area contributed by atoms with Gasteiger partial charge in [0.15, 0.2) is 0 Å². The number of rotatable bonds is 3. The normalized spacial score (nSPS) is 33.2. The average Bonchev–Trinajstić information content (AvgIpc) is 3.05. The van der Waals surface area contributed by atoms with E-state index >= 15 is 0 Å². The van der Waals surface area contributed by atoms with Crippen molar-refractivity contribution >= 4 is 12.0 Å². The number of esters is 1. The molecule has 5 unspecified atom stereocenters. The van der Waals surface area contributed by atoms with Crippen molar-refractivity contribution in [1.82, 2.24) is 4.98 Å². The smallest absolute Gasteiger partial charge is 0.309 e. The number of fused-ring (bicyclic) bond motifs is 2. The number of ether oxygens (including phenoxy) is 2. The third kappa shape index (κ3) is 3.56. The van der Waals surface area contributed by atoms with Gasteiger partial charge in [0, 0.05) is 30.9 Å². The topological polar surface area (TPSA) is 48.4 Å². The number of benzene rings is 1. The minimum absolute atomic E-state index is 0.0269. The minimum atomic E-state index is -0.253. The van der Waals surface area contributed by atoms with Gasteiger partial charge in [0.1, 0.15) is 11.9 Å². The zero-order valence-corrected chi connectivity index (χ0v) is 17.0. The van der Waals surface area contributed by atoms with Crippen LogP contribution in [0.25, 0.3) is 17.2 Å². The summed E-state index contributed by atoms with van der Waals surface area (Å²) >= 11 is 0. The van der Waals surface area contributed by atoms with E-state index in [9.17, 15) is 9.18 Å². The molecule has 5 heteroatoms. The number of pyridine rings is 1. The van der Waals surface area contributed by atoms with Crippen LogP contribution in [0.1, 0.15) is 25.5 Å². The van der Waals surface area contributed by atoms with Crippen LogP contribution in [0.15, 0.2) is 48.7 Å². The Morgan fingerprint density at radius 3 is 2.90 bits per heavy atom. The number of nitrogens with zero attached hydrogens (tertiary/aromatic N) is 1. The summed E-state index contributed by atoms with van der Waals surface area (Å²) in [4.78, 5) is 16.9. The molecule has 3 heterocycles. The van der Waals surface area contributed by atoms with Crippen LogP contribution in [0, 0.1) is 35.4 Å². The van der Waals surface area contributed by atoms with E-state index in [2.05, 4.69) is 17.1 Å². The fourth-order valence-electron chi connectivity index (χ4n) is 5.67. The average molecular weight is 407 g/mol. The van der Waals surface area contributed by atoms with E-state index in [-0.39, 0.29) is 35.6 Å². The molecular weight excluding hydrogens is 381 g/mol. The van der Waals surface area contributed by atoms with E-state index < -0.39 is 0 Å². The van der Waals surface area contributed by atoms with Gasteiger partial charge in [-0.3, -0.25) is 9.78 Å². The Balaban J connectivity index is 1.39. The van der Waals surface area contributed by atoms with Crippen LogP contribution in [0.4, 0.5) is 4.39 Å². The molecule has 2 saturated heterocycles. The summed E-state index contributed by atoms with van der Waals surface area (Å²) in [5, 5.41) is 0. The molecule has 6 atom stereocenters. The second kappa shape index (κ2) is 7.95. The summed E-state index contributed by atoms with van der Waals surface area (Å²) in [5.41, 5.74) is 2.56. The Bertz CT molecular complexity index is 957. The number of hydrogen-bond donors (Lipinski definition) is 0. The summed E-state index contributed by atoms with van der Waals surface area (Å²) in [5.74, 6) is 1.10. The van der Waals surface area contributed by atoms with Crippen molar-refractivity contribution in [3.63, 3.8) is 0 Å². The third-order valence-corrected chi connectivity index (χ3v) is 7.07. The van der Waals surface area contributed by atoms with E-state index in [0.717, 1.165) is 42.9 Å².